The number of hydrogen-bond acceptors (Lipinski definition) is 2. The molecule has 0 radical (unpaired) electrons. The van der Waals surface area contributed by atoms with Crippen molar-refractivity contribution in [3.63, 3.8) is 0 Å². The van der Waals surface area contributed by atoms with E-state index in [1.54, 1.807) is 7.11 Å². The van der Waals surface area contributed by atoms with Gasteiger partial charge in [0, 0.05) is 5.92 Å². The Bertz CT molecular complexity index is 321. The van der Waals surface area contributed by atoms with Crippen LogP contribution in [0.2, 0.25) is 0 Å². The Morgan fingerprint density at radius 1 is 1.40 bits per heavy atom. The quantitative estimate of drug-likeness (QED) is 0.779. The van der Waals surface area contributed by atoms with Crippen molar-refractivity contribution in [2.75, 3.05) is 7.11 Å². The van der Waals surface area contributed by atoms with Crippen LogP contribution in [0.15, 0.2) is 24.3 Å². The molecule has 0 spiro atoms. The Morgan fingerprint density at radius 3 is 2.47 bits per heavy atom. The van der Waals surface area contributed by atoms with Crippen molar-refractivity contribution in [3.05, 3.63) is 29.8 Å². The van der Waals surface area contributed by atoms with Crippen molar-refractivity contribution in [1.82, 2.24) is 0 Å². The number of nitrogens with two attached hydrogens (primary N) is 1. The number of aryl methyl sites for hydroxylation is 1. The van der Waals surface area contributed by atoms with Crippen LogP contribution >= 0.6 is 12.2 Å². The Balaban J connectivity index is 2.47. The van der Waals surface area contributed by atoms with E-state index in [0.717, 1.165) is 18.6 Å². The molecule has 3 heteroatoms. The topological polar surface area (TPSA) is 35.2 Å². The minimum absolute atomic E-state index is 0.308. The van der Waals surface area contributed by atoms with E-state index in [-0.39, 0.29) is 0 Å². The van der Waals surface area contributed by atoms with Crippen LogP contribution in [0.1, 0.15) is 18.9 Å². The largest absolute Gasteiger partial charge is 0.497 e. The second-order valence-corrected chi connectivity index (χ2v) is 4.16. The summed E-state index contributed by atoms with van der Waals surface area (Å²) in [5.74, 6) is 1.20. The minimum Gasteiger partial charge on any atom is -0.497 e. The highest BCUT2D eigenvalue weighted by atomic mass is 32.1. The molecule has 0 fully saturated rings. The van der Waals surface area contributed by atoms with Crippen LogP contribution in [0, 0.1) is 5.92 Å². The van der Waals surface area contributed by atoms with Gasteiger partial charge >= 0.3 is 0 Å². The molecule has 1 unspecified atom stereocenters. The Labute approximate surface area is 96.4 Å². The molecule has 1 aromatic rings. The Hall–Kier alpha value is -1.09. The fraction of sp³-hybridized carbons (Fsp3) is 0.417. The number of hydrogen-bond donors (Lipinski definition) is 1. The minimum atomic E-state index is 0.308. The van der Waals surface area contributed by atoms with Gasteiger partial charge in [-0.1, -0.05) is 31.3 Å². The van der Waals surface area contributed by atoms with Crippen LogP contribution in [0.3, 0.4) is 0 Å². The van der Waals surface area contributed by atoms with Crippen LogP contribution in [0.4, 0.5) is 0 Å². The zero-order valence-corrected chi connectivity index (χ0v) is 10.0. The summed E-state index contributed by atoms with van der Waals surface area (Å²) >= 11 is 4.93. The molecule has 0 saturated heterocycles. The number of ether oxygens (including phenoxy) is 1. The van der Waals surface area contributed by atoms with E-state index in [2.05, 4.69) is 19.1 Å². The van der Waals surface area contributed by atoms with Crippen LogP contribution in [0.5, 0.6) is 5.75 Å². The fourth-order valence-corrected chi connectivity index (χ4v) is 1.44. The summed E-state index contributed by atoms with van der Waals surface area (Å²) in [6, 6.07) is 8.10. The van der Waals surface area contributed by atoms with Crippen LogP contribution < -0.4 is 10.5 Å². The van der Waals surface area contributed by atoms with E-state index in [4.69, 9.17) is 22.7 Å². The summed E-state index contributed by atoms with van der Waals surface area (Å²) in [4.78, 5) is 0.600. The van der Waals surface area contributed by atoms with Gasteiger partial charge in [-0.15, -0.1) is 0 Å². The maximum Gasteiger partial charge on any atom is 0.118 e. The van der Waals surface area contributed by atoms with Gasteiger partial charge in [-0.3, -0.25) is 0 Å². The lowest BCUT2D eigenvalue weighted by molar-refractivity contribution is 0.414. The van der Waals surface area contributed by atoms with Gasteiger partial charge in [-0.25, -0.2) is 0 Å². The molecule has 0 bridgehead atoms. The molecular weight excluding hydrogens is 206 g/mol. The molecule has 0 aliphatic carbocycles. The molecule has 2 N–H and O–H groups in total. The van der Waals surface area contributed by atoms with Gasteiger partial charge in [0.15, 0.2) is 0 Å². The number of rotatable bonds is 5. The van der Waals surface area contributed by atoms with Crippen molar-refractivity contribution in [1.29, 1.82) is 0 Å². The average Bonchev–Trinajstić information content (AvgIpc) is 2.26. The molecule has 0 heterocycles. The lowest BCUT2D eigenvalue weighted by atomic mass is 10.0. The normalized spacial score (nSPS) is 12.1. The van der Waals surface area contributed by atoms with E-state index in [0.29, 0.717) is 10.9 Å². The third-order valence-corrected chi connectivity index (χ3v) is 2.91. The standard InChI is InChI=1S/C12H17NOS/c1-9(12(13)15)3-4-10-5-7-11(14-2)8-6-10/h5-9H,3-4H2,1-2H3,(H2,13,15). The summed E-state index contributed by atoms with van der Waals surface area (Å²) in [5.41, 5.74) is 6.85. The molecule has 0 aliphatic rings. The van der Waals surface area contributed by atoms with Gasteiger partial charge in [0.2, 0.25) is 0 Å². The molecule has 0 saturated carbocycles. The summed E-state index contributed by atoms with van der Waals surface area (Å²) in [6.07, 6.45) is 2.00. The Morgan fingerprint density at radius 2 is 2.00 bits per heavy atom. The molecule has 1 rings (SSSR count). The third kappa shape index (κ3) is 3.88. The van der Waals surface area contributed by atoms with Gasteiger partial charge in [0.25, 0.3) is 0 Å². The van der Waals surface area contributed by atoms with Crippen molar-refractivity contribution < 1.29 is 4.74 Å². The molecule has 1 aromatic carbocycles. The first-order chi connectivity index (χ1) is 7.13. The number of thiocarbonyl (C=S) groups is 1. The second-order valence-electron chi connectivity index (χ2n) is 3.69. The second kappa shape index (κ2) is 5.71. The molecule has 15 heavy (non-hydrogen) atoms. The van der Waals surface area contributed by atoms with Crippen molar-refractivity contribution in [3.8, 4) is 5.75 Å². The molecule has 82 valence electrons. The van der Waals surface area contributed by atoms with E-state index >= 15 is 0 Å². The number of methoxy groups -OCH3 is 1. The molecule has 1 atom stereocenters. The fourth-order valence-electron chi connectivity index (χ4n) is 1.32. The highest BCUT2D eigenvalue weighted by molar-refractivity contribution is 7.80. The van der Waals surface area contributed by atoms with Crippen LogP contribution in [0.25, 0.3) is 0 Å². The van der Waals surface area contributed by atoms with Gasteiger partial charge in [0.05, 0.1) is 12.1 Å². The predicted molar refractivity (Wildman–Crippen MR) is 67.3 cm³/mol. The number of benzene rings is 1. The first kappa shape index (κ1) is 12.0. The maximum absolute atomic E-state index is 5.56. The van der Waals surface area contributed by atoms with E-state index < -0.39 is 0 Å². The highest BCUT2D eigenvalue weighted by Gasteiger charge is 2.05. The smallest absolute Gasteiger partial charge is 0.118 e. The lowest BCUT2D eigenvalue weighted by Crippen LogP contribution is -2.18. The first-order valence-corrected chi connectivity index (χ1v) is 5.46. The van der Waals surface area contributed by atoms with Crippen molar-refractivity contribution in [2.24, 2.45) is 11.7 Å². The zero-order valence-electron chi connectivity index (χ0n) is 9.19. The van der Waals surface area contributed by atoms with Crippen molar-refractivity contribution >= 4 is 17.2 Å². The SMILES string of the molecule is COc1ccc(CCC(C)C(N)=S)cc1. The lowest BCUT2D eigenvalue weighted by Gasteiger charge is -2.09. The molecule has 0 aromatic heterocycles. The molecule has 2 nitrogen and oxygen atoms in total. The van der Waals surface area contributed by atoms with Crippen molar-refractivity contribution in [2.45, 2.75) is 19.8 Å². The van der Waals surface area contributed by atoms with E-state index in [1.165, 1.54) is 5.56 Å². The van der Waals surface area contributed by atoms with Crippen LogP contribution in [-0.4, -0.2) is 12.1 Å². The summed E-state index contributed by atoms with van der Waals surface area (Å²) in [6.45, 7) is 2.06. The first-order valence-electron chi connectivity index (χ1n) is 5.05. The Kier molecular flexibility index (Phi) is 4.56. The molecule has 0 amide bonds. The van der Waals surface area contributed by atoms with Crippen LogP contribution in [-0.2, 0) is 6.42 Å². The highest BCUT2D eigenvalue weighted by Crippen LogP contribution is 2.14. The van der Waals surface area contributed by atoms with Gasteiger partial charge in [-0.2, -0.15) is 0 Å². The summed E-state index contributed by atoms with van der Waals surface area (Å²) < 4.78 is 5.09. The molecule has 0 aliphatic heterocycles. The summed E-state index contributed by atoms with van der Waals surface area (Å²) in [7, 11) is 1.67. The zero-order chi connectivity index (χ0) is 11.3. The van der Waals surface area contributed by atoms with Gasteiger partial charge in [0.1, 0.15) is 5.75 Å². The van der Waals surface area contributed by atoms with Gasteiger partial charge in [-0.05, 0) is 30.5 Å². The summed E-state index contributed by atoms with van der Waals surface area (Å²) in [5, 5.41) is 0. The predicted octanol–water partition coefficient (Wildman–Crippen LogP) is 2.55. The molecular formula is C12H17NOS. The van der Waals surface area contributed by atoms with E-state index in [1.807, 2.05) is 12.1 Å². The third-order valence-electron chi connectivity index (χ3n) is 2.51. The average molecular weight is 223 g/mol. The van der Waals surface area contributed by atoms with Gasteiger partial charge < -0.3 is 10.5 Å². The monoisotopic (exact) mass is 223 g/mol. The maximum atomic E-state index is 5.56. The van der Waals surface area contributed by atoms with E-state index in [9.17, 15) is 0 Å².